The Kier molecular flexibility index (Phi) is 5.02. The van der Waals surface area contributed by atoms with Gasteiger partial charge in [-0.2, -0.15) is 5.10 Å². The van der Waals surface area contributed by atoms with Gasteiger partial charge < -0.3 is 5.32 Å². The predicted molar refractivity (Wildman–Crippen MR) is 89.4 cm³/mol. The molecule has 0 bridgehead atoms. The number of aryl methyl sites for hydroxylation is 2. The zero-order valence-electron chi connectivity index (χ0n) is 13.2. The van der Waals surface area contributed by atoms with Crippen molar-refractivity contribution in [3.8, 4) is 0 Å². The van der Waals surface area contributed by atoms with E-state index in [1.165, 1.54) is 54.6 Å². The van der Waals surface area contributed by atoms with Crippen LogP contribution in [-0.2, 0) is 19.5 Å². The Morgan fingerprint density at radius 3 is 2.86 bits per heavy atom. The molecule has 2 aliphatic heterocycles. The first-order valence-corrected chi connectivity index (χ1v) is 9.25. The molecule has 3 rings (SSSR count). The highest BCUT2D eigenvalue weighted by atomic mass is 79.9. The summed E-state index contributed by atoms with van der Waals surface area (Å²) >= 11 is 3.75. The van der Waals surface area contributed by atoms with Gasteiger partial charge in [-0.05, 0) is 55.1 Å². The van der Waals surface area contributed by atoms with Crippen molar-refractivity contribution >= 4 is 15.9 Å². The fourth-order valence-corrected chi connectivity index (χ4v) is 4.60. The molecule has 1 aromatic heterocycles. The molecule has 0 aromatic carbocycles. The second kappa shape index (κ2) is 6.80. The highest BCUT2D eigenvalue weighted by Crippen LogP contribution is 2.28. The molecule has 0 radical (unpaired) electrons. The molecule has 2 unspecified atom stereocenters. The summed E-state index contributed by atoms with van der Waals surface area (Å²) in [7, 11) is 0. The van der Waals surface area contributed by atoms with Crippen molar-refractivity contribution in [2.75, 3.05) is 13.1 Å². The van der Waals surface area contributed by atoms with E-state index in [1.807, 2.05) is 0 Å². The number of nitrogens with zero attached hydrogens (tertiary/aromatic N) is 3. The Labute approximate surface area is 136 Å². The lowest BCUT2D eigenvalue weighted by molar-refractivity contribution is 0.180. The van der Waals surface area contributed by atoms with Crippen LogP contribution in [0.1, 0.15) is 50.9 Å². The van der Waals surface area contributed by atoms with Crippen LogP contribution in [0.15, 0.2) is 4.47 Å². The molecular formula is C16H27BrN4. The van der Waals surface area contributed by atoms with Gasteiger partial charge in [-0.3, -0.25) is 9.58 Å². The van der Waals surface area contributed by atoms with Gasteiger partial charge in [-0.25, -0.2) is 0 Å². The SMILES string of the molecule is CCc1nn(CC)c(CNC2CCN3CCCCC23)c1Br. The van der Waals surface area contributed by atoms with Gasteiger partial charge in [0.05, 0.1) is 15.9 Å². The van der Waals surface area contributed by atoms with Gasteiger partial charge in [0.15, 0.2) is 0 Å². The lowest BCUT2D eigenvalue weighted by Gasteiger charge is -2.32. The number of aromatic nitrogens is 2. The maximum atomic E-state index is 4.69. The fraction of sp³-hybridized carbons (Fsp3) is 0.812. The highest BCUT2D eigenvalue weighted by Gasteiger charge is 2.35. The van der Waals surface area contributed by atoms with Gasteiger partial charge in [-0.15, -0.1) is 0 Å². The van der Waals surface area contributed by atoms with E-state index in [0.717, 1.165) is 25.6 Å². The first kappa shape index (κ1) is 15.5. The monoisotopic (exact) mass is 354 g/mol. The first-order chi connectivity index (χ1) is 10.2. The molecular weight excluding hydrogens is 328 g/mol. The number of nitrogens with one attached hydrogen (secondary N) is 1. The van der Waals surface area contributed by atoms with E-state index in [4.69, 9.17) is 5.10 Å². The summed E-state index contributed by atoms with van der Waals surface area (Å²) in [5.41, 5.74) is 2.49. The van der Waals surface area contributed by atoms with Crippen molar-refractivity contribution in [2.45, 2.75) is 71.1 Å². The van der Waals surface area contributed by atoms with E-state index < -0.39 is 0 Å². The van der Waals surface area contributed by atoms with Crippen LogP contribution >= 0.6 is 15.9 Å². The second-order valence-corrected chi connectivity index (χ2v) is 7.04. The quantitative estimate of drug-likeness (QED) is 0.882. The molecule has 2 atom stereocenters. The Morgan fingerprint density at radius 2 is 2.10 bits per heavy atom. The average Bonchev–Trinajstić information content (AvgIpc) is 3.06. The zero-order chi connectivity index (χ0) is 14.8. The molecule has 118 valence electrons. The normalized spacial score (nSPS) is 26.2. The van der Waals surface area contributed by atoms with Crippen LogP contribution in [0.5, 0.6) is 0 Å². The van der Waals surface area contributed by atoms with Crippen LogP contribution in [0.2, 0.25) is 0 Å². The van der Waals surface area contributed by atoms with E-state index in [0.29, 0.717) is 6.04 Å². The van der Waals surface area contributed by atoms with Gasteiger partial charge >= 0.3 is 0 Å². The molecule has 3 heterocycles. The molecule has 0 aliphatic carbocycles. The van der Waals surface area contributed by atoms with Crippen LogP contribution in [0.4, 0.5) is 0 Å². The van der Waals surface area contributed by atoms with Crippen LogP contribution in [0.3, 0.4) is 0 Å². The number of halogens is 1. The third-order valence-electron chi connectivity index (χ3n) is 5.08. The van der Waals surface area contributed by atoms with Crippen LogP contribution in [0, 0.1) is 0 Å². The molecule has 2 fully saturated rings. The summed E-state index contributed by atoms with van der Waals surface area (Å²) in [6, 6.07) is 1.42. The molecule has 1 aromatic rings. The zero-order valence-corrected chi connectivity index (χ0v) is 14.8. The Balaban J connectivity index is 1.66. The van der Waals surface area contributed by atoms with Crippen LogP contribution < -0.4 is 5.32 Å². The Bertz CT molecular complexity index is 485. The van der Waals surface area contributed by atoms with Gasteiger partial charge in [0.1, 0.15) is 0 Å². The maximum absolute atomic E-state index is 4.69. The van der Waals surface area contributed by atoms with E-state index in [-0.39, 0.29) is 0 Å². The molecule has 2 saturated heterocycles. The summed E-state index contributed by atoms with van der Waals surface area (Å²) in [6.07, 6.45) is 6.43. The average molecular weight is 355 g/mol. The Hall–Kier alpha value is -0.390. The molecule has 0 saturated carbocycles. The van der Waals surface area contributed by atoms with Crippen molar-refractivity contribution in [1.29, 1.82) is 0 Å². The van der Waals surface area contributed by atoms with Gasteiger partial charge in [-0.1, -0.05) is 13.3 Å². The number of fused-ring (bicyclic) bond motifs is 1. The van der Waals surface area contributed by atoms with E-state index in [1.54, 1.807) is 0 Å². The fourth-order valence-electron chi connectivity index (χ4n) is 3.90. The number of hydrogen-bond donors (Lipinski definition) is 1. The summed E-state index contributed by atoms with van der Waals surface area (Å²) in [6.45, 7) is 8.78. The van der Waals surface area contributed by atoms with E-state index >= 15 is 0 Å². The topological polar surface area (TPSA) is 33.1 Å². The number of rotatable bonds is 5. The third kappa shape index (κ3) is 3.06. The molecule has 2 aliphatic rings. The van der Waals surface area contributed by atoms with Crippen molar-refractivity contribution in [2.24, 2.45) is 0 Å². The summed E-state index contributed by atoms with van der Waals surface area (Å²) < 4.78 is 3.35. The lowest BCUT2D eigenvalue weighted by atomic mass is 9.99. The minimum Gasteiger partial charge on any atom is -0.307 e. The summed E-state index contributed by atoms with van der Waals surface area (Å²) in [4.78, 5) is 2.69. The van der Waals surface area contributed by atoms with Gasteiger partial charge in [0.2, 0.25) is 0 Å². The molecule has 1 N–H and O–H groups in total. The van der Waals surface area contributed by atoms with Crippen molar-refractivity contribution in [3.05, 3.63) is 15.9 Å². The first-order valence-electron chi connectivity index (χ1n) is 8.46. The molecule has 21 heavy (non-hydrogen) atoms. The van der Waals surface area contributed by atoms with E-state index in [2.05, 4.69) is 44.7 Å². The van der Waals surface area contributed by atoms with Crippen molar-refractivity contribution < 1.29 is 0 Å². The maximum Gasteiger partial charge on any atom is 0.0767 e. The largest absolute Gasteiger partial charge is 0.307 e. The molecule has 4 nitrogen and oxygen atoms in total. The third-order valence-corrected chi connectivity index (χ3v) is 6.00. The number of hydrogen-bond acceptors (Lipinski definition) is 3. The van der Waals surface area contributed by atoms with E-state index in [9.17, 15) is 0 Å². The van der Waals surface area contributed by atoms with Crippen LogP contribution in [0.25, 0.3) is 0 Å². The minimum absolute atomic E-state index is 0.655. The number of piperidine rings is 1. The smallest absolute Gasteiger partial charge is 0.0767 e. The Morgan fingerprint density at radius 1 is 1.24 bits per heavy atom. The predicted octanol–water partition coefficient (Wildman–Crippen LogP) is 2.94. The van der Waals surface area contributed by atoms with Gasteiger partial charge in [0, 0.05) is 31.7 Å². The molecule has 5 heteroatoms. The summed E-state index contributed by atoms with van der Waals surface area (Å²) in [5.74, 6) is 0. The standard InChI is InChI=1S/C16H27BrN4/c1-3-12-16(17)15(21(4-2)19-12)11-18-13-8-10-20-9-6-5-7-14(13)20/h13-14,18H,3-11H2,1-2H3. The van der Waals surface area contributed by atoms with Crippen LogP contribution in [-0.4, -0.2) is 39.9 Å². The molecule has 0 amide bonds. The second-order valence-electron chi connectivity index (χ2n) is 6.25. The lowest BCUT2D eigenvalue weighted by Crippen LogP contribution is -2.44. The van der Waals surface area contributed by atoms with Crippen molar-refractivity contribution in [3.63, 3.8) is 0 Å². The highest BCUT2D eigenvalue weighted by molar-refractivity contribution is 9.10. The minimum atomic E-state index is 0.655. The van der Waals surface area contributed by atoms with Gasteiger partial charge in [0.25, 0.3) is 0 Å². The van der Waals surface area contributed by atoms with Crippen molar-refractivity contribution in [1.82, 2.24) is 20.0 Å². The molecule has 0 spiro atoms. The summed E-state index contributed by atoms with van der Waals surface area (Å²) in [5, 5.41) is 8.51.